The van der Waals surface area contributed by atoms with Crippen molar-refractivity contribution in [3.8, 4) is 11.6 Å². The maximum absolute atomic E-state index is 13.1. The van der Waals surface area contributed by atoms with Crippen LogP contribution in [0.3, 0.4) is 0 Å². The van der Waals surface area contributed by atoms with Crippen LogP contribution in [0.2, 0.25) is 0 Å². The quantitative estimate of drug-likeness (QED) is 0.599. The van der Waals surface area contributed by atoms with E-state index in [1.54, 1.807) is 44.3 Å². The standard InChI is InChI=1S/C22H24F2N2O4/c1-5-28-21(27)17-13(4)26-15-10-11-25-20(29-12(2)3)19(15)18(17)14-8-6-7-9-16(14)30-22(23)24/h6-12,17-18,22H,5H2,1-4H3. The van der Waals surface area contributed by atoms with Crippen LogP contribution in [-0.2, 0) is 9.53 Å². The molecular formula is C22H24F2N2O4. The number of benzene rings is 1. The highest BCUT2D eigenvalue weighted by Gasteiger charge is 2.42. The van der Waals surface area contributed by atoms with Gasteiger partial charge < -0.3 is 14.2 Å². The van der Waals surface area contributed by atoms with E-state index in [1.807, 2.05) is 13.8 Å². The number of alkyl halides is 2. The van der Waals surface area contributed by atoms with Gasteiger partial charge in [-0.3, -0.25) is 9.79 Å². The lowest BCUT2D eigenvalue weighted by Gasteiger charge is -2.33. The Morgan fingerprint density at radius 1 is 1.17 bits per heavy atom. The van der Waals surface area contributed by atoms with E-state index in [1.165, 1.54) is 6.07 Å². The molecular weight excluding hydrogens is 394 g/mol. The van der Waals surface area contributed by atoms with Gasteiger partial charge in [-0.1, -0.05) is 18.2 Å². The summed E-state index contributed by atoms with van der Waals surface area (Å²) in [5.74, 6) is -1.77. The molecule has 2 atom stereocenters. The number of aliphatic imine (C=N–C) groups is 1. The molecule has 1 aromatic heterocycles. The van der Waals surface area contributed by atoms with Crippen molar-refractivity contribution in [3.63, 3.8) is 0 Å². The molecule has 0 saturated carbocycles. The van der Waals surface area contributed by atoms with Crippen molar-refractivity contribution in [1.82, 2.24) is 4.98 Å². The first kappa shape index (κ1) is 21.7. The van der Waals surface area contributed by atoms with Crippen molar-refractivity contribution in [1.29, 1.82) is 0 Å². The number of halogens is 2. The molecule has 30 heavy (non-hydrogen) atoms. The molecule has 1 aliphatic heterocycles. The van der Waals surface area contributed by atoms with Gasteiger partial charge in [0, 0.05) is 29.0 Å². The van der Waals surface area contributed by atoms with E-state index in [9.17, 15) is 13.6 Å². The number of aromatic nitrogens is 1. The van der Waals surface area contributed by atoms with Crippen LogP contribution >= 0.6 is 0 Å². The number of esters is 1. The fraction of sp³-hybridized carbons (Fsp3) is 0.409. The first-order chi connectivity index (χ1) is 14.3. The molecule has 0 N–H and O–H groups in total. The first-order valence-electron chi connectivity index (χ1n) is 9.74. The van der Waals surface area contributed by atoms with Crippen LogP contribution in [0.15, 0.2) is 41.5 Å². The number of fused-ring (bicyclic) bond motifs is 1. The highest BCUT2D eigenvalue weighted by molar-refractivity contribution is 6.05. The third-order valence-corrected chi connectivity index (χ3v) is 4.68. The number of carbonyl (C=O) groups excluding carboxylic acids is 1. The number of carbonyl (C=O) groups is 1. The Balaban J connectivity index is 2.26. The maximum Gasteiger partial charge on any atom is 0.387 e. The van der Waals surface area contributed by atoms with Gasteiger partial charge in [-0.25, -0.2) is 4.98 Å². The molecule has 6 nitrogen and oxygen atoms in total. The number of nitrogens with zero attached hydrogens (tertiary/aromatic N) is 2. The van der Waals surface area contributed by atoms with Gasteiger partial charge in [-0.2, -0.15) is 8.78 Å². The number of hydrogen-bond donors (Lipinski definition) is 0. The predicted molar refractivity (Wildman–Crippen MR) is 108 cm³/mol. The average molecular weight is 418 g/mol. The van der Waals surface area contributed by atoms with E-state index < -0.39 is 24.4 Å². The van der Waals surface area contributed by atoms with Gasteiger partial charge in [0.1, 0.15) is 11.7 Å². The van der Waals surface area contributed by atoms with Gasteiger partial charge in [0.2, 0.25) is 5.88 Å². The third kappa shape index (κ3) is 4.42. The van der Waals surface area contributed by atoms with E-state index in [4.69, 9.17) is 14.2 Å². The number of pyridine rings is 1. The highest BCUT2D eigenvalue weighted by Crippen LogP contribution is 2.48. The van der Waals surface area contributed by atoms with Crippen LogP contribution in [0.25, 0.3) is 0 Å². The lowest BCUT2D eigenvalue weighted by atomic mass is 9.76. The van der Waals surface area contributed by atoms with Crippen molar-refractivity contribution < 1.29 is 27.8 Å². The Kier molecular flexibility index (Phi) is 6.64. The summed E-state index contributed by atoms with van der Waals surface area (Å²) in [4.78, 5) is 21.8. The molecule has 3 rings (SSSR count). The first-order valence-corrected chi connectivity index (χ1v) is 9.74. The molecule has 0 saturated heterocycles. The molecule has 0 spiro atoms. The zero-order chi connectivity index (χ0) is 21.8. The highest BCUT2D eigenvalue weighted by atomic mass is 19.3. The Labute approximate surface area is 173 Å². The van der Waals surface area contributed by atoms with Gasteiger partial charge in [-0.05, 0) is 39.8 Å². The molecule has 2 heterocycles. The van der Waals surface area contributed by atoms with E-state index in [2.05, 4.69) is 9.98 Å². The number of rotatable bonds is 7. The van der Waals surface area contributed by atoms with Gasteiger partial charge >= 0.3 is 12.6 Å². The van der Waals surface area contributed by atoms with Crippen LogP contribution in [0.5, 0.6) is 11.6 Å². The van der Waals surface area contributed by atoms with Gasteiger partial charge in [0.15, 0.2) is 0 Å². The average Bonchev–Trinajstić information content (AvgIpc) is 2.67. The van der Waals surface area contributed by atoms with Gasteiger partial charge in [-0.15, -0.1) is 0 Å². The molecule has 8 heteroatoms. The molecule has 160 valence electrons. The van der Waals surface area contributed by atoms with Crippen molar-refractivity contribution in [2.24, 2.45) is 10.9 Å². The summed E-state index contributed by atoms with van der Waals surface area (Å²) in [6, 6.07) is 8.11. The molecule has 0 fully saturated rings. The Bertz CT molecular complexity index is 946. The topological polar surface area (TPSA) is 70.0 Å². The fourth-order valence-corrected chi connectivity index (χ4v) is 3.63. The van der Waals surface area contributed by atoms with Crippen LogP contribution < -0.4 is 9.47 Å². The minimum atomic E-state index is -3.01. The van der Waals surface area contributed by atoms with Gasteiger partial charge in [0.05, 0.1) is 18.4 Å². The second kappa shape index (κ2) is 9.19. The normalized spacial score (nSPS) is 18.1. The summed E-state index contributed by atoms with van der Waals surface area (Å²) in [6.07, 6.45) is 1.38. The summed E-state index contributed by atoms with van der Waals surface area (Å²) in [5.41, 5.74) is 2.03. The van der Waals surface area contributed by atoms with Crippen molar-refractivity contribution >= 4 is 17.4 Å². The molecule has 1 aliphatic rings. The molecule has 0 bridgehead atoms. The predicted octanol–water partition coefficient (Wildman–Crippen LogP) is 4.89. The summed E-state index contributed by atoms with van der Waals surface area (Å²) >= 11 is 0. The lowest BCUT2D eigenvalue weighted by Crippen LogP contribution is -2.34. The second-order valence-electron chi connectivity index (χ2n) is 7.09. The lowest BCUT2D eigenvalue weighted by molar-refractivity contribution is -0.146. The Hall–Kier alpha value is -3.03. The smallest absolute Gasteiger partial charge is 0.387 e. The molecule has 0 aliphatic carbocycles. The summed E-state index contributed by atoms with van der Waals surface area (Å²) in [7, 11) is 0. The molecule has 0 radical (unpaired) electrons. The summed E-state index contributed by atoms with van der Waals surface area (Å²) in [6.45, 7) is 4.30. The SMILES string of the molecule is CCOC(=O)C1C(C)=Nc2ccnc(OC(C)C)c2C1c1ccccc1OC(F)F. The minimum Gasteiger partial charge on any atom is -0.475 e. The summed E-state index contributed by atoms with van der Waals surface area (Å²) in [5, 5.41) is 0. The zero-order valence-electron chi connectivity index (χ0n) is 17.3. The fourth-order valence-electron chi connectivity index (χ4n) is 3.63. The molecule has 0 amide bonds. The van der Waals surface area contributed by atoms with Crippen LogP contribution in [0, 0.1) is 5.92 Å². The van der Waals surface area contributed by atoms with Crippen molar-refractivity contribution in [3.05, 3.63) is 47.7 Å². The number of hydrogen-bond acceptors (Lipinski definition) is 6. The third-order valence-electron chi connectivity index (χ3n) is 4.68. The zero-order valence-corrected chi connectivity index (χ0v) is 17.3. The van der Waals surface area contributed by atoms with Gasteiger partial charge in [0.25, 0.3) is 0 Å². The van der Waals surface area contributed by atoms with E-state index in [0.717, 1.165) is 0 Å². The summed E-state index contributed by atoms with van der Waals surface area (Å²) < 4.78 is 42.1. The van der Waals surface area contributed by atoms with Crippen molar-refractivity contribution in [2.45, 2.75) is 46.3 Å². The van der Waals surface area contributed by atoms with Crippen molar-refractivity contribution in [2.75, 3.05) is 6.61 Å². The Morgan fingerprint density at radius 2 is 1.90 bits per heavy atom. The molecule has 1 aromatic carbocycles. The van der Waals surface area contributed by atoms with E-state index in [0.29, 0.717) is 28.4 Å². The molecule has 2 aromatic rings. The number of para-hydroxylation sites is 1. The second-order valence-corrected chi connectivity index (χ2v) is 7.09. The van der Waals surface area contributed by atoms with Crippen LogP contribution in [-0.4, -0.2) is 36.0 Å². The Morgan fingerprint density at radius 3 is 2.57 bits per heavy atom. The van der Waals surface area contributed by atoms with Crippen LogP contribution in [0.4, 0.5) is 14.5 Å². The monoisotopic (exact) mass is 418 g/mol. The molecule has 2 unspecified atom stereocenters. The maximum atomic E-state index is 13.1. The largest absolute Gasteiger partial charge is 0.475 e. The van der Waals surface area contributed by atoms with Crippen LogP contribution in [0.1, 0.15) is 44.7 Å². The number of ether oxygens (including phenoxy) is 3. The minimum absolute atomic E-state index is 0.0215. The van der Waals surface area contributed by atoms with E-state index in [-0.39, 0.29) is 18.5 Å². The van der Waals surface area contributed by atoms with E-state index >= 15 is 0 Å².